The molecule has 2 heterocycles. The molecule has 0 saturated heterocycles. The Morgan fingerprint density at radius 1 is 1.38 bits per heavy atom. The summed E-state index contributed by atoms with van der Waals surface area (Å²) in [5, 5.41) is 10.2. The summed E-state index contributed by atoms with van der Waals surface area (Å²) in [6.45, 7) is 1.95. The van der Waals surface area contributed by atoms with Crippen molar-refractivity contribution in [3.8, 4) is 5.75 Å². The fourth-order valence-corrected chi connectivity index (χ4v) is 2.79. The van der Waals surface area contributed by atoms with Crippen LogP contribution in [0, 0.1) is 6.92 Å². The van der Waals surface area contributed by atoms with Crippen molar-refractivity contribution in [1.82, 2.24) is 15.2 Å². The van der Waals surface area contributed by atoms with Gasteiger partial charge in [-0.15, -0.1) is 5.10 Å². The molecule has 2 aromatic heterocycles. The maximum absolute atomic E-state index is 12.2. The van der Waals surface area contributed by atoms with Gasteiger partial charge in [0.25, 0.3) is 0 Å². The number of amides is 1. The minimum Gasteiger partial charge on any atom is -0.495 e. The molecule has 1 amide bonds. The van der Waals surface area contributed by atoms with Crippen LogP contribution in [0.15, 0.2) is 46.2 Å². The molecule has 3 aromatic rings. The van der Waals surface area contributed by atoms with Gasteiger partial charge in [-0.3, -0.25) is 9.89 Å². The van der Waals surface area contributed by atoms with E-state index in [1.165, 1.54) is 11.8 Å². The standard InChI is InChI=1S/C18H18N4O3S/c1-12-5-7-15(24-2)14(10-12)19-17(23)11-26-18-20-16(21-22-18)8-6-13-4-3-9-25-13/h3-10H,11H2,1-2H3,(H,19,23)(H,20,21,22). The highest BCUT2D eigenvalue weighted by atomic mass is 32.2. The van der Waals surface area contributed by atoms with E-state index in [1.54, 1.807) is 25.5 Å². The molecule has 0 aliphatic carbocycles. The van der Waals surface area contributed by atoms with E-state index < -0.39 is 0 Å². The first-order chi connectivity index (χ1) is 12.6. The smallest absolute Gasteiger partial charge is 0.234 e. The quantitative estimate of drug-likeness (QED) is 0.617. The first kappa shape index (κ1) is 17.8. The highest BCUT2D eigenvalue weighted by Gasteiger charge is 2.10. The summed E-state index contributed by atoms with van der Waals surface area (Å²) >= 11 is 1.25. The van der Waals surface area contributed by atoms with Gasteiger partial charge in [0.2, 0.25) is 11.1 Å². The molecule has 3 rings (SSSR count). The van der Waals surface area contributed by atoms with Crippen LogP contribution in [0.25, 0.3) is 12.2 Å². The van der Waals surface area contributed by atoms with Crippen molar-refractivity contribution >= 4 is 35.5 Å². The molecule has 0 saturated carbocycles. The number of anilines is 1. The van der Waals surface area contributed by atoms with Gasteiger partial charge in [0.05, 0.1) is 24.8 Å². The van der Waals surface area contributed by atoms with Gasteiger partial charge >= 0.3 is 0 Å². The van der Waals surface area contributed by atoms with Gasteiger partial charge in [-0.25, -0.2) is 4.98 Å². The predicted octanol–water partition coefficient (Wildman–Crippen LogP) is 3.62. The Bertz CT molecular complexity index is 903. The van der Waals surface area contributed by atoms with Gasteiger partial charge in [0, 0.05) is 0 Å². The number of thioether (sulfide) groups is 1. The van der Waals surface area contributed by atoms with Crippen LogP contribution >= 0.6 is 11.8 Å². The minimum atomic E-state index is -0.156. The number of carbonyl (C=O) groups is 1. The summed E-state index contributed by atoms with van der Waals surface area (Å²) in [7, 11) is 1.57. The van der Waals surface area contributed by atoms with Crippen molar-refractivity contribution in [2.75, 3.05) is 18.2 Å². The highest BCUT2D eigenvalue weighted by molar-refractivity contribution is 7.99. The van der Waals surface area contributed by atoms with E-state index in [-0.39, 0.29) is 11.7 Å². The largest absolute Gasteiger partial charge is 0.495 e. The van der Waals surface area contributed by atoms with E-state index in [2.05, 4.69) is 20.5 Å². The number of benzene rings is 1. The first-order valence-corrected chi connectivity index (χ1v) is 8.84. The molecule has 0 aliphatic rings. The summed E-state index contributed by atoms with van der Waals surface area (Å²) in [6.07, 6.45) is 5.14. The fraction of sp³-hybridized carbons (Fsp3) is 0.167. The van der Waals surface area contributed by atoms with E-state index in [4.69, 9.17) is 9.15 Å². The number of ether oxygens (including phenoxy) is 1. The fourth-order valence-electron chi connectivity index (χ4n) is 2.18. The molecule has 0 spiro atoms. The predicted molar refractivity (Wildman–Crippen MR) is 101 cm³/mol. The van der Waals surface area contributed by atoms with Crippen LogP contribution in [0.2, 0.25) is 0 Å². The van der Waals surface area contributed by atoms with Crippen LogP contribution in [0.4, 0.5) is 5.69 Å². The molecule has 0 bridgehead atoms. The second kappa shape index (κ2) is 8.39. The third-order valence-electron chi connectivity index (χ3n) is 3.39. The number of furan rings is 1. The Morgan fingerprint density at radius 2 is 2.27 bits per heavy atom. The van der Waals surface area contributed by atoms with Crippen LogP contribution in [0.1, 0.15) is 17.1 Å². The zero-order valence-electron chi connectivity index (χ0n) is 14.4. The molecule has 0 fully saturated rings. The average molecular weight is 370 g/mol. The van der Waals surface area contributed by atoms with Gasteiger partial charge in [0.1, 0.15) is 17.3 Å². The van der Waals surface area contributed by atoms with E-state index in [1.807, 2.05) is 37.3 Å². The molecule has 26 heavy (non-hydrogen) atoms. The molecular weight excluding hydrogens is 352 g/mol. The van der Waals surface area contributed by atoms with Crippen molar-refractivity contribution < 1.29 is 13.9 Å². The summed E-state index contributed by atoms with van der Waals surface area (Å²) < 4.78 is 10.5. The van der Waals surface area contributed by atoms with Crippen LogP contribution < -0.4 is 10.1 Å². The Hall–Kier alpha value is -3.00. The molecule has 1 aromatic carbocycles. The van der Waals surface area contributed by atoms with Gasteiger partial charge in [-0.2, -0.15) is 0 Å². The van der Waals surface area contributed by atoms with Crippen LogP contribution in [0.3, 0.4) is 0 Å². The second-order valence-electron chi connectivity index (χ2n) is 5.39. The molecule has 134 valence electrons. The maximum Gasteiger partial charge on any atom is 0.234 e. The lowest BCUT2D eigenvalue weighted by Gasteiger charge is -2.10. The number of hydrogen-bond acceptors (Lipinski definition) is 6. The number of nitrogens with zero attached hydrogens (tertiary/aromatic N) is 2. The molecule has 0 atom stereocenters. The number of rotatable bonds is 7. The van der Waals surface area contributed by atoms with Crippen LogP contribution in [0.5, 0.6) is 5.75 Å². The van der Waals surface area contributed by atoms with Gasteiger partial charge < -0.3 is 14.5 Å². The number of aromatic nitrogens is 3. The zero-order chi connectivity index (χ0) is 18.4. The SMILES string of the molecule is COc1ccc(C)cc1NC(=O)CSc1n[nH]c(C=Cc2ccco2)n1. The summed E-state index contributed by atoms with van der Waals surface area (Å²) in [5.41, 5.74) is 1.69. The molecule has 7 nitrogen and oxygen atoms in total. The van der Waals surface area contributed by atoms with Crippen molar-refractivity contribution in [1.29, 1.82) is 0 Å². The average Bonchev–Trinajstić information content (AvgIpc) is 3.30. The van der Waals surface area contributed by atoms with Crippen LogP contribution in [-0.2, 0) is 4.79 Å². The van der Waals surface area contributed by atoms with Gasteiger partial charge in [-0.05, 0) is 48.9 Å². The lowest BCUT2D eigenvalue weighted by atomic mass is 10.2. The summed E-state index contributed by atoms with van der Waals surface area (Å²) in [5.74, 6) is 1.97. The third kappa shape index (κ3) is 4.76. The highest BCUT2D eigenvalue weighted by Crippen LogP contribution is 2.25. The number of hydrogen-bond donors (Lipinski definition) is 2. The van der Waals surface area contributed by atoms with Crippen molar-refractivity contribution in [2.24, 2.45) is 0 Å². The van der Waals surface area contributed by atoms with Crippen LogP contribution in [-0.4, -0.2) is 34.0 Å². The molecule has 0 radical (unpaired) electrons. The molecular formula is C18H18N4O3S. The molecule has 8 heteroatoms. The Labute approximate surface area is 154 Å². The van der Waals surface area contributed by atoms with Crippen molar-refractivity contribution in [3.63, 3.8) is 0 Å². The number of aromatic amines is 1. The Morgan fingerprint density at radius 3 is 3.04 bits per heavy atom. The first-order valence-electron chi connectivity index (χ1n) is 7.85. The minimum absolute atomic E-state index is 0.156. The number of H-pyrrole nitrogens is 1. The zero-order valence-corrected chi connectivity index (χ0v) is 15.2. The second-order valence-corrected chi connectivity index (χ2v) is 6.34. The van der Waals surface area contributed by atoms with E-state index in [9.17, 15) is 4.79 Å². The number of carbonyl (C=O) groups excluding carboxylic acids is 1. The Kier molecular flexibility index (Phi) is 5.75. The summed E-state index contributed by atoms with van der Waals surface area (Å²) in [6, 6.07) is 9.26. The van der Waals surface area contributed by atoms with Gasteiger partial charge in [0.15, 0.2) is 0 Å². The maximum atomic E-state index is 12.2. The number of aryl methyl sites for hydroxylation is 1. The Balaban J connectivity index is 1.54. The van der Waals surface area contributed by atoms with E-state index in [0.29, 0.717) is 22.4 Å². The molecule has 0 aliphatic heterocycles. The number of nitrogens with one attached hydrogen (secondary N) is 2. The molecule has 2 N–H and O–H groups in total. The topological polar surface area (TPSA) is 93.0 Å². The van der Waals surface area contributed by atoms with E-state index in [0.717, 1.165) is 11.3 Å². The third-order valence-corrected chi connectivity index (χ3v) is 4.24. The van der Waals surface area contributed by atoms with Crippen molar-refractivity contribution in [2.45, 2.75) is 12.1 Å². The van der Waals surface area contributed by atoms with Gasteiger partial charge in [-0.1, -0.05) is 17.8 Å². The monoisotopic (exact) mass is 370 g/mol. The normalized spacial score (nSPS) is 11.0. The lowest BCUT2D eigenvalue weighted by Crippen LogP contribution is -2.15. The molecule has 0 unspecified atom stereocenters. The van der Waals surface area contributed by atoms with Crippen molar-refractivity contribution in [3.05, 3.63) is 53.7 Å². The lowest BCUT2D eigenvalue weighted by molar-refractivity contribution is -0.113. The number of methoxy groups -OCH3 is 1. The summed E-state index contributed by atoms with van der Waals surface area (Å²) in [4.78, 5) is 16.5. The van der Waals surface area contributed by atoms with E-state index >= 15 is 0 Å².